The molecule has 22 heteroatoms. The highest BCUT2D eigenvalue weighted by Gasteiger charge is 2.10. The molecule has 7 N–H and O–H groups in total. The number of anilines is 9. The van der Waals surface area contributed by atoms with Gasteiger partial charge in [-0.3, -0.25) is 19.6 Å². The van der Waals surface area contributed by atoms with Gasteiger partial charge in [0, 0.05) is 149 Å². The lowest BCUT2D eigenvalue weighted by Crippen LogP contribution is -3.00. The second-order valence-corrected chi connectivity index (χ2v) is 18.6. The first-order chi connectivity index (χ1) is 37.6. The van der Waals surface area contributed by atoms with Crippen LogP contribution in [0.15, 0.2) is 207 Å². The summed E-state index contributed by atoms with van der Waals surface area (Å²) >= 11 is 5.97. The fourth-order valence-electron chi connectivity index (χ4n) is 7.40. The van der Waals surface area contributed by atoms with Crippen LogP contribution in [0.1, 0.15) is 31.8 Å². The van der Waals surface area contributed by atoms with E-state index in [1.807, 2.05) is 176 Å². The minimum atomic E-state index is -0.537. The van der Waals surface area contributed by atoms with Crippen LogP contribution in [0.3, 0.4) is 0 Å². The number of carbonyl (C=O) groups excluding carboxylic acids is 2. The zero-order valence-electron chi connectivity index (χ0n) is 44.5. The SMILES string of the molecule is C[n+]1ccc(Nc2ccc(NC(=O)c3ccc(N)cc3)cc2)cc1.Cc1ccc2c(Cl)ccnc2c1.Cc1ccc2c(Nc3ccc(C(=O)Nc4ccc(Nc5cc[n+](C)cc5)cc4)cc3)ccnc2c1.[B][B]B([B])B([B])[B].[Cl-].[Cl-]. The smallest absolute Gasteiger partial charge is 0.255 e. The summed E-state index contributed by atoms with van der Waals surface area (Å²) in [6.07, 6.45) is 10.5. The van der Waals surface area contributed by atoms with Crippen molar-refractivity contribution in [1.82, 2.24) is 9.97 Å². The lowest BCUT2D eigenvalue weighted by Gasteiger charge is -2.11. The van der Waals surface area contributed by atoms with Crippen molar-refractivity contribution in [2.75, 3.05) is 32.3 Å². The molecule has 9 radical (unpaired) electrons. The second kappa shape index (κ2) is 30.9. The van der Waals surface area contributed by atoms with Gasteiger partial charge in [0.2, 0.25) is 0 Å². The number of rotatable bonds is 12. The van der Waals surface area contributed by atoms with E-state index in [4.69, 9.17) is 48.3 Å². The molecule has 0 saturated heterocycles. The predicted octanol–water partition coefficient (Wildman–Crippen LogP) is 3.74. The third kappa shape index (κ3) is 19.1. The van der Waals surface area contributed by atoms with Crippen LogP contribution in [0, 0.1) is 13.8 Å². The van der Waals surface area contributed by atoms with Crippen molar-refractivity contribution in [1.29, 1.82) is 0 Å². The van der Waals surface area contributed by atoms with Gasteiger partial charge in [-0.2, -0.15) is 0 Å². The summed E-state index contributed by atoms with van der Waals surface area (Å²) < 4.78 is 3.95. The Bertz CT molecular complexity index is 3580. The maximum atomic E-state index is 12.7. The normalized spacial score (nSPS) is 9.96. The number of carbonyl (C=O) groups is 2. The van der Waals surface area contributed by atoms with Gasteiger partial charge in [-0.1, -0.05) is 35.9 Å². The average molecular weight is 1100 g/mol. The third-order valence-corrected chi connectivity index (χ3v) is 12.2. The van der Waals surface area contributed by atoms with Crippen LogP contribution >= 0.6 is 11.6 Å². The fraction of sp³-hybridized carbons (Fsp3) is 0.0690. The maximum Gasteiger partial charge on any atom is 0.255 e. The Hall–Kier alpha value is -8.10. The van der Waals surface area contributed by atoms with Crippen molar-refractivity contribution in [3.63, 3.8) is 0 Å². The second-order valence-electron chi connectivity index (χ2n) is 18.2. The number of nitrogens with two attached hydrogens (primary N) is 1. The lowest BCUT2D eigenvalue weighted by atomic mass is 8.76. The zero-order chi connectivity index (χ0) is 55.6. The maximum absolute atomic E-state index is 12.7. The van der Waals surface area contributed by atoms with Gasteiger partial charge in [0.25, 0.3) is 11.8 Å². The minimum absolute atomic E-state index is 0. The van der Waals surface area contributed by atoms with E-state index < -0.39 is 6.39 Å². The van der Waals surface area contributed by atoms with E-state index in [2.05, 4.69) is 61.7 Å². The van der Waals surface area contributed by atoms with Crippen LogP contribution in [-0.4, -0.2) is 72.6 Å². The number of nitrogens with one attached hydrogen (secondary N) is 5. The highest BCUT2D eigenvalue weighted by molar-refractivity contribution is 7.81. The van der Waals surface area contributed by atoms with Crippen LogP contribution in [0.5, 0.6) is 0 Å². The predicted molar refractivity (Wildman–Crippen MR) is 329 cm³/mol. The largest absolute Gasteiger partial charge is 1.00 e. The van der Waals surface area contributed by atoms with Crippen molar-refractivity contribution in [2.45, 2.75) is 13.8 Å². The molecule has 0 unspecified atom stereocenters. The number of benzene rings is 6. The van der Waals surface area contributed by atoms with Crippen molar-refractivity contribution >= 4 is 147 Å². The van der Waals surface area contributed by atoms with Gasteiger partial charge in [-0.25, -0.2) is 9.13 Å². The molecule has 0 spiro atoms. The first kappa shape index (κ1) is 62.7. The first-order valence-corrected chi connectivity index (χ1v) is 25.1. The van der Waals surface area contributed by atoms with E-state index in [-0.39, 0.29) is 43.0 Å². The molecule has 6 aromatic carbocycles. The first-order valence-electron chi connectivity index (χ1n) is 24.8. The van der Waals surface area contributed by atoms with Gasteiger partial charge in [0.05, 0.1) is 27.4 Å². The monoisotopic (exact) mass is 1100 g/mol. The molecule has 12 nitrogen and oxygen atoms in total. The van der Waals surface area contributed by atoms with E-state index in [9.17, 15) is 9.59 Å². The number of halogens is 3. The summed E-state index contributed by atoms with van der Waals surface area (Å²) in [6.45, 7) is 4.10. The Morgan fingerprint density at radius 3 is 1.32 bits per heavy atom. The van der Waals surface area contributed by atoms with Crippen molar-refractivity contribution in [3.8, 4) is 0 Å². The van der Waals surface area contributed by atoms with Gasteiger partial charge in [0.1, 0.15) is 14.1 Å². The summed E-state index contributed by atoms with van der Waals surface area (Å²) in [4.78, 5) is 33.6. The van der Waals surface area contributed by atoms with E-state index in [1.165, 1.54) is 18.2 Å². The molecule has 0 aliphatic heterocycles. The third-order valence-electron chi connectivity index (χ3n) is 11.8. The van der Waals surface area contributed by atoms with Gasteiger partial charge >= 0.3 is 0 Å². The van der Waals surface area contributed by atoms with E-state index in [0.717, 1.165) is 72.3 Å². The lowest BCUT2D eigenvalue weighted by molar-refractivity contribution is -0.671. The molecule has 2 amide bonds. The van der Waals surface area contributed by atoms with E-state index in [0.29, 0.717) is 16.8 Å². The van der Waals surface area contributed by atoms with E-state index in [1.54, 1.807) is 42.7 Å². The Labute approximate surface area is 492 Å². The summed E-state index contributed by atoms with van der Waals surface area (Å²) in [7, 11) is 25.5. The molecule has 4 aromatic heterocycles. The highest BCUT2D eigenvalue weighted by Crippen LogP contribution is 2.27. The highest BCUT2D eigenvalue weighted by atomic mass is 35.5. The summed E-state index contributed by atoms with van der Waals surface area (Å²) in [5.74, 6) is -0.316. The number of aromatic nitrogens is 4. The number of nitrogens with zero attached hydrogens (tertiary/aromatic N) is 4. The number of hydrogen-bond donors (Lipinski definition) is 6. The molecule has 389 valence electrons. The molecule has 4 heterocycles. The number of amides is 2. The van der Waals surface area contributed by atoms with Crippen molar-refractivity contribution in [2.24, 2.45) is 14.1 Å². The Morgan fingerprint density at radius 2 is 0.887 bits per heavy atom. The molecule has 80 heavy (non-hydrogen) atoms. The fourth-order valence-corrected chi connectivity index (χ4v) is 7.61. The molecule has 10 aromatic rings. The van der Waals surface area contributed by atoms with Crippen molar-refractivity contribution in [3.05, 3.63) is 234 Å². The average Bonchev–Trinajstić information content (AvgIpc) is 3.46. The number of fused-ring (bicyclic) bond motifs is 2. The summed E-state index contributed by atoms with van der Waals surface area (Å²) in [5, 5.41) is 18.7. The standard InChI is InChI=1S/C29H25N5O.C19H18N4O.C10H8ClN.B7.2ClH/c1-20-3-12-26-27(13-16-30-28(26)19-20)32-23-6-4-21(5-7-23)29(35)33-24-10-8-22(9-11-24)31-25-14-17-34(2)18-15-25;1-23-12-10-18(11-13-23)21-16-6-8-17(9-7-16)22-19(24)14-2-4-15(20)5-3-14;1-7-2-3-8-9(11)4-5-12-10(8)6-7;1-5-7(4)6(2)3;;/h3-19H,1-2H3,(H2,30,32,33,35);2-13H,1H3,(H3,20,22,24);2-6H,1H3;;2*1H. The molecule has 0 atom stereocenters. The van der Waals surface area contributed by atoms with Gasteiger partial charge < -0.3 is 57.1 Å². The van der Waals surface area contributed by atoms with Crippen molar-refractivity contribution < 1.29 is 43.5 Å². The topological polar surface area (TPSA) is 154 Å². The molecular weight excluding hydrogens is 1050 g/mol. The van der Waals surface area contributed by atoms with E-state index >= 15 is 0 Å². The Morgan fingerprint density at radius 1 is 0.512 bits per heavy atom. The summed E-state index contributed by atoms with van der Waals surface area (Å²) in [6, 6.07) is 53.5. The Balaban J connectivity index is 0.000000225. The van der Waals surface area contributed by atoms with Crippen LogP contribution < -0.4 is 66.3 Å². The molecule has 0 bridgehead atoms. The molecule has 0 fully saturated rings. The zero-order valence-corrected chi connectivity index (χ0v) is 46.8. The number of nitrogen functional groups attached to an aromatic ring is 1. The quantitative estimate of drug-likeness (QED) is 0.0616. The van der Waals surface area contributed by atoms with Crippen LogP contribution in [0.25, 0.3) is 21.8 Å². The minimum Gasteiger partial charge on any atom is -1.00 e. The summed E-state index contributed by atoms with van der Waals surface area (Å²) in [5.41, 5.74) is 19.0. The molecular formula is C58H53B7Cl3N10O2. The van der Waals surface area contributed by atoms with Crippen LogP contribution in [0.4, 0.5) is 51.2 Å². The molecule has 0 saturated carbocycles. The van der Waals surface area contributed by atoms with Gasteiger partial charge in [-0.05, 0) is 146 Å². The van der Waals surface area contributed by atoms with Gasteiger partial charge in [-0.15, -0.1) is 0 Å². The Kier molecular flexibility index (Phi) is 24.2. The van der Waals surface area contributed by atoms with Gasteiger partial charge in [0.15, 0.2) is 24.8 Å². The van der Waals surface area contributed by atoms with Crippen LogP contribution in [0.2, 0.25) is 5.02 Å². The molecule has 10 rings (SSSR count). The molecule has 0 aliphatic rings. The number of hydrogen-bond acceptors (Lipinski definition) is 8. The molecule has 0 aliphatic carbocycles. The number of aryl methyl sites for hydroxylation is 4. The number of pyridine rings is 4. The van der Waals surface area contributed by atoms with Crippen LogP contribution in [-0.2, 0) is 14.1 Å².